The molecule has 0 aliphatic rings. The predicted molar refractivity (Wildman–Crippen MR) is 60.8 cm³/mol. The van der Waals surface area contributed by atoms with Gasteiger partial charge in [0.15, 0.2) is 0 Å². The lowest BCUT2D eigenvalue weighted by Gasteiger charge is -2.06. The van der Waals surface area contributed by atoms with E-state index in [-0.39, 0.29) is 17.1 Å². The van der Waals surface area contributed by atoms with Crippen molar-refractivity contribution in [3.63, 3.8) is 0 Å². The van der Waals surface area contributed by atoms with E-state index in [1.165, 1.54) is 6.07 Å². The average Bonchev–Trinajstić information content (AvgIpc) is 2.22. The molecule has 4 nitrogen and oxygen atoms in total. The van der Waals surface area contributed by atoms with Crippen LogP contribution < -0.4 is 10.5 Å². The molecule has 1 aromatic carbocycles. The summed E-state index contributed by atoms with van der Waals surface area (Å²) in [5.41, 5.74) is 5.10. The summed E-state index contributed by atoms with van der Waals surface area (Å²) in [7, 11) is -3.62. The molecule has 0 unspecified atom stereocenters. The lowest BCUT2D eigenvalue weighted by Crippen LogP contribution is -2.24. The van der Waals surface area contributed by atoms with Crippen LogP contribution in [0.3, 0.4) is 0 Å². The summed E-state index contributed by atoms with van der Waals surface area (Å²) in [6, 6.07) is 3.28. The molecule has 88 valence electrons. The Kier molecular flexibility index (Phi) is 4.03. The average molecular weight is 244 g/mol. The molecule has 0 aliphatic carbocycles. The van der Waals surface area contributed by atoms with Gasteiger partial charge in [0.25, 0.3) is 0 Å². The molecule has 0 saturated heterocycles. The normalized spacial score (nSPS) is 11.3. The third-order valence-corrected chi connectivity index (χ3v) is 3.38. The summed E-state index contributed by atoms with van der Waals surface area (Å²) < 4.78 is 38.5. The van der Waals surface area contributed by atoms with E-state index in [1.807, 2.05) is 0 Å². The molecule has 1 aromatic rings. The van der Waals surface area contributed by atoms with E-state index in [0.717, 1.165) is 12.1 Å². The van der Waals surface area contributed by atoms with Crippen LogP contribution in [-0.2, 0) is 10.0 Å². The summed E-state index contributed by atoms with van der Waals surface area (Å²) in [5, 5.41) is 0. The van der Waals surface area contributed by atoms with E-state index in [1.54, 1.807) is 6.08 Å². The van der Waals surface area contributed by atoms with Crippen LogP contribution in [0, 0.1) is 5.82 Å². The maximum atomic E-state index is 12.8. The molecule has 0 aromatic heterocycles. The minimum Gasteiger partial charge on any atom is -0.396 e. The first-order valence-electron chi connectivity index (χ1n) is 4.63. The zero-order chi connectivity index (χ0) is 12.2. The highest BCUT2D eigenvalue weighted by atomic mass is 32.2. The van der Waals surface area contributed by atoms with Gasteiger partial charge in [0.05, 0.1) is 10.6 Å². The van der Waals surface area contributed by atoms with Crippen LogP contribution in [0.1, 0.15) is 6.42 Å². The number of nitrogen functional groups attached to an aromatic ring is 1. The van der Waals surface area contributed by atoms with E-state index in [2.05, 4.69) is 11.3 Å². The van der Waals surface area contributed by atoms with Crippen molar-refractivity contribution in [2.45, 2.75) is 11.3 Å². The number of benzene rings is 1. The van der Waals surface area contributed by atoms with E-state index >= 15 is 0 Å². The number of sulfonamides is 1. The fraction of sp³-hybridized carbons (Fsp3) is 0.200. The molecule has 3 N–H and O–H groups in total. The largest absolute Gasteiger partial charge is 0.396 e. The zero-order valence-corrected chi connectivity index (χ0v) is 9.43. The van der Waals surface area contributed by atoms with Crippen molar-refractivity contribution in [3.8, 4) is 0 Å². The van der Waals surface area contributed by atoms with Crippen LogP contribution in [0.2, 0.25) is 0 Å². The van der Waals surface area contributed by atoms with Crippen LogP contribution in [0.4, 0.5) is 10.1 Å². The van der Waals surface area contributed by atoms with Crippen molar-refractivity contribution in [2.75, 3.05) is 12.3 Å². The van der Waals surface area contributed by atoms with Gasteiger partial charge in [-0.05, 0) is 24.6 Å². The van der Waals surface area contributed by atoms with Crippen molar-refractivity contribution in [2.24, 2.45) is 0 Å². The molecule has 16 heavy (non-hydrogen) atoms. The first kappa shape index (κ1) is 12.7. The van der Waals surface area contributed by atoms with Crippen molar-refractivity contribution >= 4 is 15.7 Å². The molecule has 0 heterocycles. The number of rotatable bonds is 5. The highest BCUT2D eigenvalue weighted by Gasteiger charge is 2.14. The van der Waals surface area contributed by atoms with Gasteiger partial charge in [0, 0.05) is 6.54 Å². The summed E-state index contributed by atoms with van der Waals surface area (Å²) in [4.78, 5) is -0.0459. The van der Waals surface area contributed by atoms with Gasteiger partial charge in [-0.15, -0.1) is 6.58 Å². The number of hydrogen-bond donors (Lipinski definition) is 2. The Hall–Kier alpha value is -1.40. The summed E-state index contributed by atoms with van der Waals surface area (Å²) in [6.45, 7) is 3.73. The highest BCUT2D eigenvalue weighted by molar-refractivity contribution is 7.89. The van der Waals surface area contributed by atoms with Crippen LogP contribution >= 0.6 is 0 Å². The highest BCUT2D eigenvalue weighted by Crippen LogP contribution is 2.16. The molecule has 6 heteroatoms. The predicted octanol–water partition coefficient (Wildman–Crippen LogP) is 1.26. The number of nitrogens with two attached hydrogens (primary N) is 1. The Morgan fingerprint density at radius 1 is 1.50 bits per heavy atom. The summed E-state index contributed by atoms with van der Waals surface area (Å²) in [6.07, 6.45) is 2.12. The van der Waals surface area contributed by atoms with Crippen molar-refractivity contribution < 1.29 is 12.8 Å². The standard InChI is InChI=1S/C10H13FN2O2S/c1-2-3-6-13-16(14,15)8-4-5-9(11)10(12)7-8/h2,4-5,7,13H,1,3,6,12H2. The molecule has 0 atom stereocenters. The van der Waals surface area contributed by atoms with Gasteiger partial charge in [0.2, 0.25) is 10.0 Å². The minimum atomic E-state index is -3.62. The van der Waals surface area contributed by atoms with Crippen LogP contribution in [0.5, 0.6) is 0 Å². The molecule has 0 fully saturated rings. The fourth-order valence-electron chi connectivity index (χ4n) is 1.07. The summed E-state index contributed by atoms with van der Waals surface area (Å²) >= 11 is 0. The van der Waals surface area contributed by atoms with Crippen LogP contribution in [-0.4, -0.2) is 15.0 Å². The molecule has 0 bridgehead atoms. The second-order valence-electron chi connectivity index (χ2n) is 3.16. The van der Waals surface area contributed by atoms with E-state index in [0.29, 0.717) is 6.42 Å². The van der Waals surface area contributed by atoms with Crippen molar-refractivity contribution in [1.29, 1.82) is 0 Å². The Bertz CT molecular complexity index is 486. The van der Waals surface area contributed by atoms with E-state index < -0.39 is 15.8 Å². The van der Waals surface area contributed by atoms with Crippen molar-refractivity contribution in [1.82, 2.24) is 4.72 Å². The van der Waals surface area contributed by atoms with Crippen molar-refractivity contribution in [3.05, 3.63) is 36.7 Å². The molecule has 0 aliphatic heterocycles. The third-order valence-electron chi connectivity index (χ3n) is 1.92. The van der Waals surface area contributed by atoms with Crippen LogP contribution in [0.15, 0.2) is 35.7 Å². The quantitative estimate of drug-likeness (QED) is 0.465. The number of halogens is 1. The van der Waals surface area contributed by atoms with Gasteiger partial charge in [-0.3, -0.25) is 0 Å². The van der Waals surface area contributed by atoms with Gasteiger partial charge >= 0.3 is 0 Å². The zero-order valence-electron chi connectivity index (χ0n) is 8.61. The number of anilines is 1. The topological polar surface area (TPSA) is 72.2 Å². The van der Waals surface area contributed by atoms with Gasteiger partial charge in [-0.1, -0.05) is 6.08 Å². The maximum absolute atomic E-state index is 12.8. The Labute approximate surface area is 94.0 Å². The van der Waals surface area contributed by atoms with E-state index in [4.69, 9.17) is 5.73 Å². The first-order chi connectivity index (χ1) is 7.47. The SMILES string of the molecule is C=CCCNS(=O)(=O)c1ccc(F)c(N)c1. The second-order valence-corrected chi connectivity index (χ2v) is 4.93. The maximum Gasteiger partial charge on any atom is 0.240 e. The molecular formula is C10H13FN2O2S. The molecular weight excluding hydrogens is 231 g/mol. The molecule has 0 spiro atoms. The molecule has 1 rings (SSSR count). The lowest BCUT2D eigenvalue weighted by atomic mass is 10.3. The Morgan fingerprint density at radius 3 is 2.75 bits per heavy atom. The minimum absolute atomic E-state index is 0.0459. The van der Waals surface area contributed by atoms with Gasteiger partial charge in [0.1, 0.15) is 5.82 Å². The van der Waals surface area contributed by atoms with Gasteiger partial charge in [-0.25, -0.2) is 17.5 Å². The van der Waals surface area contributed by atoms with Crippen LogP contribution in [0.25, 0.3) is 0 Å². The Balaban J connectivity index is 2.90. The Morgan fingerprint density at radius 2 is 2.19 bits per heavy atom. The summed E-state index contributed by atoms with van der Waals surface area (Å²) in [5.74, 6) is -0.634. The molecule has 0 amide bonds. The van der Waals surface area contributed by atoms with E-state index in [9.17, 15) is 12.8 Å². The smallest absolute Gasteiger partial charge is 0.240 e. The monoisotopic (exact) mass is 244 g/mol. The number of hydrogen-bond acceptors (Lipinski definition) is 3. The van der Waals surface area contributed by atoms with Gasteiger partial charge in [-0.2, -0.15) is 0 Å². The van der Waals surface area contributed by atoms with Gasteiger partial charge < -0.3 is 5.73 Å². The first-order valence-corrected chi connectivity index (χ1v) is 6.11. The number of nitrogens with one attached hydrogen (secondary N) is 1. The second kappa shape index (κ2) is 5.09. The fourth-order valence-corrected chi connectivity index (χ4v) is 2.15. The lowest BCUT2D eigenvalue weighted by molar-refractivity contribution is 0.581. The third kappa shape index (κ3) is 3.04. The molecule has 0 saturated carbocycles. The molecule has 0 radical (unpaired) electrons.